The molecule has 5 nitrogen and oxygen atoms in total. The van der Waals surface area contributed by atoms with Crippen molar-refractivity contribution in [2.75, 3.05) is 7.11 Å². The van der Waals surface area contributed by atoms with Gasteiger partial charge in [-0.1, -0.05) is 6.07 Å². The van der Waals surface area contributed by atoms with Gasteiger partial charge in [0.2, 0.25) is 0 Å². The average Bonchev–Trinajstić information content (AvgIpc) is 2.95. The van der Waals surface area contributed by atoms with Gasteiger partial charge in [0.05, 0.1) is 16.3 Å². The summed E-state index contributed by atoms with van der Waals surface area (Å²) in [4.78, 5) is 31.0. The van der Waals surface area contributed by atoms with Crippen molar-refractivity contribution < 1.29 is 9.53 Å². The number of methoxy groups -OCH3 is 1. The lowest BCUT2D eigenvalue weighted by molar-refractivity contribution is 0.106. The highest BCUT2D eigenvalue weighted by atomic mass is 32.1. The van der Waals surface area contributed by atoms with E-state index < -0.39 is 0 Å². The first-order valence-electron chi connectivity index (χ1n) is 7.17. The predicted molar refractivity (Wildman–Crippen MR) is 93.8 cm³/mol. The van der Waals surface area contributed by atoms with E-state index in [0.29, 0.717) is 20.5 Å². The molecule has 2 aromatic heterocycles. The van der Waals surface area contributed by atoms with E-state index in [1.807, 2.05) is 6.07 Å². The van der Waals surface area contributed by atoms with Crippen LogP contribution in [0.5, 0.6) is 5.75 Å². The first kappa shape index (κ1) is 15.9. The number of Topliss-reactive ketones (excluding diaryl/α,β-unsaturated/α-hetero) is 1. The van der Waals surface area contributed by atoms with E-state index in [0.717, 1.165) is 5.56 Å². The summed E-state index contributed by atoms with van der Waals surface area (Å²) < 4.78 is 6.10. The Bertz CT molecular complexity index is 1020. The number of hydrogen-bond acceptors (Lipinski definition) is 5. The van der Waals surface area contributed by atoms with Crippen LogP contribution in [0.25, 0.3) is 12.2 Å². The second-order valence-electron chi connectivity index (χ2n) is 4.95. The van der Waals surface area contributed by atoms with Gasteiger partial charge in [0, 0.05) is 24.0 Å². The third kappa shape index (κ3) is 3.67. The fourth-order valence-electron chi connectivity index (χ4n) is 2.09. The molecular weight excluding hydrogens is 324 g/mol. The summed E-state index contributed by atoms with van der Waals surface area (Å²) in [6.45, 7) is 0. The van der Waals surface area contributed by atoms with Gasteiger partial charge in [0.25, 0.3) is 5.56 Å². The highest BCUT2D eigenvalue weighted by Gasteiger charge is 2.03. The Hall–Kier alpha value is -2.99. The van der Waals surface area contributed by atoms with E-state index in [4.69, 9.17) is 4.74 Å². The van der Waals surface area contributed by atoms with Crippen LogP contribution in [0.15, 0.2) is 53.6 Å². The smallest absolute Gasteiger partial charge is 0.266 e. The second-order valence-corrected chi connectivity index (χ2v) is 6.04. The molecule has 120 valence electrons. The van der Waals surface area contributed by atoms with Gasteiger partial charge in [-0.05, 0) is 42.0 Å². The fourth-order valence-corrected chi connectivity index (χ4v) is 2.98. The summed E-state index contributed by atoms with van der Waals surface area (Å²) >= 11 is 1.23. The second kappa shape index (κ2) is 7.06. The van der Waals surface area contributed by atoms with Gasteiger partial charge in [-0.2, -0.15) is 0 Å². The molecule has 2 heterocycles. The molecule has 0 spiro atoms. The summed E-state index contributed by atoms with van der Waals surface area (Å²) in [5.74, 6) is 0.507. The van der Waals surface area contributed by atoms with E-state index in [1.165, 1.54) is 17.4 Å². The Morgan fingerprint density at radius 2 is 2.04 bits per heavy atom. The highest BCUT2D eigenvalue weighted by Crippen LogP contribution is 2.11. The van der Waals surface area contributed by atoms with E-state index in [-0.39, 0.29) is 11.3 Å². The minimum absolute atomic E-state index is 0.178. The number of benzene rings is 1. The van der Waals surface area contributed by atoms with Crippen molar-refractivity contribution in [3.8, 4) is 5.75 Å². The largest absolute Gasteiger partial charge is 0.497 e. The molecular formula is C18H14N2O3S. The third-order valence-corrected chi connectivity index (χ3v) is 4.26. The summed E-state index contributed by atoms with van der Waals surface area (Å²) in [5, 5.41) is 0. The van der Waals surface area contributed by atoms with Crippen molar-refractivity contribution in [1.29, 1.82) is 0 Å². The zero-order chi connectivity index (χ0) is 16.9. The summed E-state index contributed by atoms with van der Waals surface area (Å²) in [6, 6.07) is 10.5. The zero-order valence-corrected chi connectivity index (χ0v) is 13.7. The standard InChI is InChI=1S/C18H14N2O3S/c1-23-14-6-4-13(5-7-14)15(21)10-17-20-18(22)16(24-17)9-12-3-2-8-19-11-12/h2-11H,1H3,(H,20,22)/b16-9+,17-10+. The number of rotatable bonds is 4. The molecule has 0 unspecified atom stereocenters. The zero-order valence-electron chi connectivity index (χ0n) is 12.9. The maximum absolute atomic E-state index is 12.3. The number of nitrogens with zero attached hydrogens (tertiary/aromatic N) is 1. The van der Waals surface area contributed by atoms with Crippen molar-refractivity contribution in [2.45, 2.75) is 0 Å². The lowest BCUT2D eigenvalue weighted by Crippen LogP contribution is -2.20. The number of hydrogen-bond donors (Lipinski definition) is 1. The number of carbonyl (C=O) groups is 1. The van der Waals surface area contributed by atoms with Gasteiger partial charge in [-0.3, -0.25) is 14.6 Å². The number of ether oxygens (including phenoxy) is 1. The molecule has 3 rings (SSSR count). The van der Waals surface area contributed by atoms with Gasteiger partial charge in [0.15, 0.2) is 5.78 Å². The van der Waals surface area contributed by atoms with Crippen molar-refractivity contribution in [3.63, 3.8) is 0 Å². The van der Waals surface area contributed by atoms with Crippen LogP contribution in [0.3, 0.4) is 0 Å². The van der Waals surface area contributed by atoms with E-state index >= 15 is 0 Å². The molecule has 1 aromatic carbocycles. The van der Waals surface area contributed by atoms with Gasteiger partial charge in [-0.15, -0.1) is 11.3 Å². The van der Waals surface area contributed by atoms with Crippen molar-refractivity contribution >= 4 is 29.3 Å². The normalized spacial score (nSPS) is 12.4. The number of aromatic amines is 1. The summed E-state index contributed by atoms with van der Waals surface area (Å²) in [6.07, 6.45) is 6.51. The maximum Gasteiger partial charge on any atom is 0.266 e. The van der Waals surface area contributed by atoms with E-state index in [9.17, 15) is 9.59 Å². The molecule has 24 heavy (non-hydrogen) atoms. The van der Waals surface area contributed by atoms with Gasteiger partial charge in [-0.25, -0.2) is 0 Å². The SMILES string of the molecule is COc1ccc(C(=O)/C=c2\[nH]c(=O)/c(=C\c3cccnc3)s2)cc1. The number of H-pyrrole nitrogens is 1. The molecule has 6 heteroatoms. The van der Waals surface area contributed by atoms with Gasteiger partial charge in [0.1, 0.15) is 5.75 Å². The Kier molecular flexibility index (Phi) is 4.67. The number of pyridine rings is 1. The Morgan fingerprint density at radius 1 is 1.25 bits per heavy atom. The fraction of sp³-hybridized carbons (Fsp3) is 0.0556. The quantitative estimate of drug-likeness (QED) is 0.729. The molecule has 0 saturated carbocycles. The Labute approximate surface area is 141 Å². The molecule has 1 N–H and O–H groups in total. The molecule has 3 aromatic rings. The van der Waals surface area contributed by atoms with Crippen LogP contribution in [0.1, 0.15) is 15.9 Å². The Balaban J connectivity index is 1.93. The van der Waals surface area contributed by atoms with Crippen molar-refractivity contribution in [2.24, 2.45) is 0 Å². The molecule has 0 aliphatic heterocycles. The molecule has 0 aliphatic carbocycles. The van der Waals surface area contributed by atoms with E-state index in [2.05, 4.69) is 9.97 Å². The Morgan fingerprint density at radius 3 is 2.71 bits per heavy atom. The molecule has 0 atom stereocenters. The molecule has 0 aliphatic rings. The van der Waals surface area contributed by atoms with E-state index in [1.54, 1.807) is 55.9 Å². The minimum Gasteiger partial charge on any atom is -0.497 e. The van der Waals surface area contributed by atoms with Crippen LogP contribution >= 0.6 is 11.3 Å². The molecule has 0 saturated heterocycles. The molecule has 0 amide bonds. The maximum atomic E-state index is 12.3. The number of nitrogens with one attached hydrogen (secondary N) is 1. The number of carbonyl (C=O) groups excluding carboxylic acids is 1. The topological polar surface area (TPSA) is 72.1 Å². The monoisotopic (exact) mass is 338 g/mol. The summed E-state index contributed by atoms with van der Waals surface area (Å²) in [5.41, 5.74) is 1.14. The molecule has 0 bridgehead atoms. The third-order valence-electron chi connectivity index (χ3n) is 3.30. The van der Waals surface area contributed by atoms with Crippen LogP contribution < -0.4 is 19.5 Å². The van der Waals surface area contributed by atoms with Crippen molar-refractivity contribution in [3.05, 3.63) is 79.5 Å². The van der Waals surface area contributed by atoms with Crippen molar-refractivity contribution in [1.82, 2.24) is 9.97 Å². The van der Waals surface area contributed by atoms with Crippen LogP contribution in [0.4, 0.5) is 0 Å². The number of thiazole rings is 1. The first-order valence-corrected chi connectivity index (χ1v) is 7.98. The number of aromatic nitrogens is 2. The average molecular weight is 338 g/mol. The number of ketones is 1. The van der Waals surface area contributed by atoms with Crippen LogP contribution in [-0.2, 0) is 0 Å². The van der Waals surface area contributed by atoms with Crippen LogP contribution in [-0.4, -0.2) is 22.9 Å². The highest BCUT2D eigenvalue weighted by molar-refractivity contribution is 7.07. The minimum atomic E-state index is -0.224. The van der Waals surface area contributed by atoms with Crippen LogP contribution in [0, 0.1) is 0 Å². The first-order chi connectivity index (χ1) is 11.7. The summed E-state index contributed by atoms with van der Waals surface area (Å²) in [7, 11) is 1.57. The lowest BCUT2D eigenvalue weighted by Gasteiger charge is -1.99. The van der Waals surface area contributed by atoms with Gasteiger partial charge >= 0.3 is 0 Å². The molecule has 0 radical (unpaired) electrons. The van der Waals surface area contributed by atoms with Gasteiger partial charge < -0.3 is 9.72 Å². The predicted octanol–water partition coefficient (Wildman–Crippen LogP) is 1.33. The lowest BCUT2D eigenvalue weighted by atomic mass is 10.1. The van der Waals surface area contributed by atoms with Crippen LogP contribution in [0.2, 0.25) is 0 Å². The molecule has 0 fully saturated rings.